The molecule has 4 nitrogen and oxygen atoms in total. The van der Waals surface area contributed by atoms with E-state index in [0.717, 1.165) is 78.7 Å². The maximum atomic E-state index is 6.70. The molecule has 10 aromatic carbocycles. The first-order valence-electron chi connectivity index (χ1n) is 22.9. The van der Waals surface area contributed by atoms with Crippen LogP contribution in [-0.2, 0) is 0 Å². The zero-order valence-electron chi connectivity index (χ0n) is 36.8. The van der Waals surface area contributed by atoms with E-state index >= 15 is 0 Å². The highest BCUT2D eigenvalue weighted by Gasteiger charge is 2.22. The van der Waals surface area contributed by atoms with E-state index in [2.05, 4.69) is 225 Å². The number of fused-ring (bicyclic) bond motifs is 9. The van der Waals surface area contributed by atoms with Crippen molar-refractivity contribution in [2.24, 2.45) is 15.9 Å². The van der Waals surface area contributed by atoms with Crippen molar-refractivity contribution in [3.05, 3.63) is 230 Å². The Morgan fingerprint density at radius 1 is 0.470 bits per heavy atom. The molecule has 66 heavy (non-hydrogen) atoms. The summed E-state index contributed by atoms with van der Waals surface area (Å²) in [6.07, 6.45) is 0.914. The van der Waals surface area contributed by atoms with Crippen LogP contribution in [0.3, 0.4) is 0 Å². The molecule has 12 aromatic rings. The number of para-hydroxylation sites is 1. The molecule has 0 aliphatic heterocycles. The standard InChI is InChI=1S/C62H45N3O/c1-3-40(2)60(45-31-29-43(30-32-45)41-17-6-4-7-18-41)64-62(49-25-16-24-46(35-49)42-19-8-5-9-20-42)63-55-38-54-51-27-14-15-28-58(51)66-59(54)39-57(55)65-56-37-48-23-11-10-22-47(48)36-53(56)52-34-33-44-21-12-13-26-50(44)61(52)65/h4-40H,3H2,1-2H3. The smallest absolute Gasteiger partial charge is 0.160 e. The van der Waals surface area contributed by atoms with Crippen LogP contribution in [0.5, 0.6) is 0 Å². The molecule has 0 bridgehead atoms. The van der Waals surface area contributed by atoms with Gasteiger partial charge in [-0.25, -0.2) is 9.98 Å². The van der Waals surface area contributed by atoms with Gasteiger partial charge in [0, 0.05) is 38.6 Å². The van der Waals surface area contributed by atoms with Gasteiger partial charge >= 0.3 is 0 Å². The molecule has 0 saturated carbocycles. The van der Waals surface area contributed by atoms with Gasteiger partial charge in [0.05, 0.1) is 28.1 Å². The minimum absolute atomic E-state index is 0.145. The van der Waals surface area contributed by atoms with Crippen LogP contribution >= 0.6 is 0 Å². The first kappa shape index (κ1) is 39.3. The molecule has 0 saturated heterocycles. The van der Waals surface area contributed by atoms with E-state index in [9.17, 15) is 0 Å². The fourth-order valence-corrected chi connectivity index (χ4v) is 9.70. The van der Waals surface area contributed by atoms with Crippen LogP contribution in [-0.4, -0.2) is 16.1 Å². The number of amidine groups is 1. The maximum Gasteiger partial charge on any atom is 0.160 e. The Balaban J connectivity index is 1.18. The third kappa shape index (κ3) is 6.86. The predicted molar refractivity (Wildman–Crippen MR) is 279 cm³/mol. The van der Waals surface area contributed by atoms with Gasteiger partial charge in [-0.2, -0.15) is 0 Å². The Morgan fingerprint density at radius 2 is 1.11 bits per heavy atom. The Hall–Kier alpha value is -8.34. The van der Waals surface area contributed by atoms with Crippen molar-refractivity contribution in [2.45, 2.75) is 20.3 Å². The summed E-state index contributed by atoms with van der Waals surface area (Å²) >= 11 is 0. The highest BCUT2D eigenvalue weighted by molar-refractivity contribution is 6.22. The Kier molecular flexibility index (Phi) is 9.72. The van der Waals surface area contributed by atoms with E-state index in [4.69, 9.17) is 14.4 Å². The fourth-order valence-electron chi connectivity index (χ4n) is 9.70. The molecule has 2 heterocycles. The van der Waals surface area contributed by atoms with Crippen LogP contribution in [0.15, 0.2) is 233 Å². The topological polar surface area (TPSA) is 42.8 Å². The molecule has 0 radical (unpaired) electrons. The second-order valence-electron chi connectivity index (χ2n) is 17.3. The van der Waals surface area contributed by atoms with Crippen molar-refractivity contribution in [2.75, 3.05) is 0 Å². The molecule has 0 spiro atoms. The van der Waals surface area contributed by atoms with Gasteiger partial charge in [-0.05, 0) is 86.6 Å². The Labute approximate surface area is 383 Å². The van der Waals surface area contributed by atoms with Crippen molar-refractivity contribution in [3.8, 4) is 27.9 Å². The second-order valence-corrected chi connectivity index (χ2v) is 17.3. The number of aromatic nitrogens is 1. The molecule has 0 aliphatic rings. The molecule has 1 atom stereocenters. The third-order valence-corrected chi connectivity index (χ3v) is 13.3. The summed E-state index contributed by atoms with van der Waals surface area (Å²) in [5.74, 6) is 0.784. The average molecular weight is 848 g/mol. The first-order chi connectivity index (χ1) is 32.6. The summed E-state index contributed by atoms with van der Waals surface area (Å²) in [4.78, 5) is 11.5. The minimum atomic E-state index is 0.145. The number of hydrogen-bond donors (Lipinski definition) is 0. The number of nitrogens with zero attached hydrogens (tertiary/aromatic N) is 3. The van der Waals surface area contributed by atoms with Crippen molar-refractivity contribution in [1.82, 2.24) is 4.57 Å². The second kappa shape index (κ2) is 16.3. The lowest BCUT2D eigenvalue weighted by atomic mass is 9.94. The first-order valence-corrected chi connectivity index (χ1v) is 22.9. The lowest BCUT2D eigenvalue weighted by Gasteiger charge is -2.17. The zero-order valence-corrected chi connectivity index (χ0v) is 36.8. The molecule has 1 unspecified atom stereocenters. The fraction of sp³-hybridized carbons (Fsp3) is 0.0645. The minimum Gasteiger partial charge on any atom is -0.456 e. The van der Waals surface area contributed by atoms with E-state index in [1.165, 1.54) is 43.4 Å². The lowest BCUT2D eigenvalue weighted by Crippen LogP contribution is -2.15. The predicted octanol–water partition coefficient (Wildman–Crippen LogP) is 16.9. The molecule has 0 amide bonds. The summed E-state index contributed by atoms with van der Waals surface area (Å²) < 4.78 is 9.12. The molecule has 0 fully saturated rings. The van der Waals surface area contributed by atoms with E-state index in [-0.39, 0.29) is 5.92 Å². The van der Waals surface area contributed by atoms with Crippen LogP contribution in [0.2, 0.25) is 0 Å². The Morgan fingerprint density at radius 3 is 1.86 bits per heavy atom. The summed E-state index contributed by atoms with van der Waals surface area (Å²) in [6.45, 7) is 4.50. The molecular formula is C62H45N3O. The van der Waals surface area contributed by atoms with Gasteiger partial charge < -0.3 is 8.98 Å². The highest BCUT2D eigenvalue weighted by Crippen LogP contribution is 2.43. The van der Waals surface area contributed by atoms with Gasteiger partial charge in [-0.15, -0.1) is 0 Å². The molecule has 314 valence electrons. The summed E-state index contributed by atoms with van der Waals surface area (Å²) in [5.41, 5.74) is 13.2. The molecule has 2 aromatic heterocycles. The van der Waals surface area contributed by atoms with E-state index in [0.29, 0.717) is 5.84 Å². The van der Waals surface area contributed by atoms with Gasteiger partial charge in [0.1, 0.15) is 11.2 Å². The van der Waals surface area contributed by atoms with Gasteiger partial charge in [-0.3, -0.25) is 0 Å². The summed E-state index contributed by atoms with van der Waals surface area (Å²) in [5, 5.41) is 9.13. The van der Waals surface area contributed by atoms with Gasteiger partial charge in [0.15, 0.2) is 5.84 Å². The quantitative estimate of drug-likeness (QED) is 0.111. The number of rotatable bonds is 8. The van der Waals surface area contributed by atoms with Crippen LogP contribution in [0, 0.1) is 5.92 Å². The molecule has 0 N–H and O–H groups in total. The SMILES string of the molecule is CCC(C)C(=NC(=Nc1cc2c(cc1-n1c3cc4ccccc4cc3c3ccc4ccccc4c31)oc1ccccc12)c1cccc(-c2ccccc2)c1)c1ccc(-c2ccccc2)cc1. The normalized spacial score (nSPS) is 12.9. The maximum absolute atomic E-state index is 6.70. The van der Waals surface area contributed by atoms with Gasteiger partial charge in [-0.1, -0.05) is 196 Å². The molecule has 4 heteroatoms. The Bertz CT molecular complexity index is 3860. The van der Waals surface area contributed by atoms with Crippen LogP contribution in [0.25, 0.3) is 93.2 Å². The van der Waals surface area contributed by atoms with Crippen LogP contribution in [0.4, 0.5) is 5.69 Å². The monoisotopic (exact) mass is 847 g/mol. The van der Waals surface area contributed by atoms with E-state index < -0.39 is 0 Å². The number of furan rings is 1. The highest BCUT2D eigenvalue weighted by atomic mass is 16.3. The number of benzene rings is 10. The van der Waals surface area contributed by atoms with E-state index in [1.807, 2.05) is 12.1 Å². The summed E-state index contributed by atoms with van der Waals surface area (Å²) in [7, 11) is 0. The summed E-state index contributed by atoms with van der Waals surface area (Å²) in [6, 6.07) is 77.8. The molecule has 12 rings (SSSR count). The van der Waals surface area contributed by atoms with Crippen LogP contribution < -0.4 is 0 Å². The van der Waals surface area contributed by atoms with Crippen LogP contribution in [0.1, 0.15) is 31.4 Å². The largest absolute Gasteiger partial charge is 0.456 e. The van der Waals surface area contributed by atoms with E-state index in [1.54, 1.807) is 0 Å². The lowest BCUT2D eigenvalue weighted by molar-refractivity contribution is 0.668. The van der Waals surface area contributed by atoms with Crippen molar-refractivity contribution < 1.29 is 4.42 Å². The zero-order chi connectivity index (χ0) is 44.1. The van der Waals surface area contributed by atoms with Crippen molar-refractivity contribution >= 4 is 82.5 Å². The van der Waals surface area contributed by atoms with Crippen molar-refractivity contribution in [1.29, 1.82) is 0 Å². The van der Waals surface area contributed by atoms with Gasteiger partial charge in [0.25, 0.3) is 0 Å². The van der Waals surface area contributed by atoms with Crippen molar-refractivity contribution in [3.63, 3.8) is 0 Å². The molecular weight excluding hydrogens is 803 g/mol. The number of aliphatic imine (C=N–C) groups is 2. The van der Waals surface area contributed by atoms with Gasteiger partial charge in [0.2, 0.25) is 0 Å². The third-order valence-electron chi connectivity index (χ3n) is 13.3. The molecule has 0 aliphatic carbocycles. The number of hydrogen-bond acceptors (Lipinski definition) is 2. The average Bonchev–Trinajstić information content (AvgIpc) is 3.91.